The van der Waals surface area contributed by atoms with Crippen molar-refractivity contribution in [3.8, 4) is 17.2 Å². The molecule has 1 aromatic heterocycles. The second-order valence-corrected chi connectivity index (χ2v) is 5.64. The van der Waals surface area contributed by atoms with Crippen LogP contribution in [0.3, 0.4) is 0 Å². The van der Waals surface area contributed by atoms with E-state index in [4.69, 9.17) is 14.2 Å². The van der Waals surface area contributed by atoms with Crippen molar-refractivity contribution in [1.29, 1.82) is 0 Å². The van der Waals surface area contributed by atoms with Gasteiger partial charge in [0, 0.05) is 17.8 Å². The van der Waals surface area contributed by atoms with Crippen LogP contribution in [0.5, 0.6) is 17.2 Å². The molecule has 2 aromatic carbocycles. The van der Waals surface area contributed by atoms with E-state index in [0.717, 1.165) is 5.69 Å². The lowest BCUT2D eigenvalue weighted by molar-refractivity contribution is 0.102. The number of ether oxygens (including phenoxy) is 3. The highest BCUT2D eigenvalue weighted by molar-refractivity contribution is 6.04. The Kier molecular flexibility index (Phi) is 4.44. The predicted octanol–water partition coefficient (Wildman–Crippen LogP) is 3.21. The van der Waals surface area contributed by atoms with Crippen molar-refractivity contribution in [3.63, 3.8) is 0 Å². The Morgan fingerprint density at radius 2 is 1.93 bits per heavy atom. The standard InChI is InChI=1S/C19H16N4O4/c1-25-15-5-3-2-4-13(15)23-19(24)14-9-18(21-10-20-14)22-12-6-7-16-17(8-12)27-11-26-16/h2-10H,11H2,1H3,(H,23,24)(H,20,21,22). The Bertz CT molecular complexity index is 993. The Balaban J connectivity index is 1.51. The summed E-state index contributed by atoms with van der Waals surface area (Å²) in [4.78, 5) is 20.7. The molecule has 8 heteroatoms. The molecule has 3 aromatic rings. The number of benzene rings is 2. The van der Waals surface area contributed by atoms with Crippen LogP contribution in [0.4, 0.5) is 17.2 Å². The summed E-state index contributed by atoms with van der Waals surface area (Å²) >= 11 is 0. The fourth-order valence-electron chi connectivity index (χ4n) is 2.61. The van der Waals surface area contributed by atoms with Gasteiger partial charge in [0.05, 0.1) is 12.8 Å². The molecule has 27 heavy (non-hydrogen) atoms. The van der Waals surface area contributed by atoms with Gasteiger partial charge in [-0.3, -0.25) is 4.79 Å². The molecular weight excluding hydrogens is 348 g/mol. The van der Waals surface area contributed by atoms with Crippen LogP contribution in [-0.4, -0.2) is 29.8 Å². The maximum Gasteiger partial charge on any atom is 0.274 e. The molecule has 0 saturated carbocycles. The fourth-order valence-corrected chi connectivity index (χ4v) is 2.61. The van der Waals surface area contributed by atoms with Crippen LogP contribution < -0.4 is 24.8 Å². The zero-order chi connectivity index (χ0) is 18.6. The van der Waals surface area contributed by atoms with Gasteiger partial charge in [0.2, 0.25) is 6.79 Å². The Labute approximate surface area is 155 Å². The zero-order valence-electron chi connectivity index (χ0n) is 14.4. The predicted molar refractivity (Wildman–Crippen MR) is 98.8 cm³/mol. The molecule has 1 amide bonds. The third-order valence-corrected chi connectivity index (χ3v) is 3.90. The van der Waals surface area contributed by atoms with Crippen molar-refractivity contribution in [2.75, 3.05) is 24.5 Å². The zero-order valence-corrected chi connectivity index (χ0v) is 14.4. The number of aromatic nitrogens is 2. The fraction of sp³-hybridized carbons (Fsp3) is 0.105. The lowest BCUT2D eigenvalue weighted by atomic mass is 10.2. The molecule has 0 fully saturated rings. The molecule has 136 valence electrons. The van der Waals surface area contributed by atoms with Crippen molar-refractivity contribution in [1.82, 2.24) is 9.97 Å². The summed E-state index contributed by atoms with van der Waals surface area (Å²) in [7, 11) is 1.54. The van der Waals surface area contributed by atoms with Crippen molar-refractivity contribution >= 4 is 23.1 Å². The Hall–Kier alpha value is -3.81. The highest BCUT2D eigenvalue weighted by atomic mass is 16.7. The summed E-state index contributed by atoms with van der Waals surface area (Å²) in [6.07, 6.45) is 1.33. The minimum absolute atomic E-state index is 0.208. The van der Waals surface area contributed by atoms with E-state index in [1.54, 1.807) is 37.4 Å². The molecule has 0 saturated heterocycles. The third-order valence-electron chi connectivity index (χ3n) is 3.90. The van der Waals surface area contributed by atoms with Gasteiger partial charge in [0.15, 0.2) is 11.5 Å². The number of amides is 1. The van der Waals surface area contributed by atoms with E-state index in [1.165, 1.54) is 6.33 Å². The highest BCUT2D eigenvalue weighted by Crippen LogP contribution is 2.34. The number of carbonyl (C=O) groups is 1. The van der Waals surface area contributed by atoms with Gasteiger partial charge in [-0.25, -0.2) is 9.97 Å². The van der Waals surface area contributed by atoms with E-state index in [2.05, 4.69) is 20.6 Å². The van der Waals surface area contributed by atoms with E-state index in [-0.39, 0.29) is 18.4 Å². The molecule has 4 rings (SSSR count). The molecule has 0 spiro atoms. The van der Waals surface area contributed by atoms with Crippen LogP contribution in [0.15, 0.2) is 54.9 Å². The van der Waals surface area contributed by atoms with Gasteiger partial charge in [-0.2, -0.15) is 0 Å². The monoisotopic (exact) mass is 364 g/mol. The molecule has 0 unspecified atom stereocenters. The van der Waals surface area contributed by atoms with Crippen LogP contribution in [-0.2, 0) is 0 Å². The average Bonchev–Trinajstić information content (AvgIpc) is 3.16. The average molecular weight is 364 g/mol. The van der Waals surface area contributed by atoms with E-state index >= 15 is 0 Å². The van der Waals surface area contributed by atoms with Gasteiger partial charge in [0.1, 0.15) is 23.6 Å². The number of fused-ring (bicyclic) bond motifs is 1. The van der Waals surface area contributed by atoms with Crippen LogP contribution in [0.25, 0.3) is 0 Å². The summed E-state index contributed by atoms with van der Waals surface area (Å²) in [5.74, 6) is 2.03. The van der Waals surface area contributed by atoms with Crippen molar-refractivity contribution < 1.29 is 19.0 Å². The molecule has 1 aliphatic rings. The van der Waals surface area contributed by atoms with E-state index < -0.39 is 0 Å². The summed E-state index contributed by atoms with van der Waals surface area (Å²) in [6.45, 7) is 0.208. The van der Waals surface area contributed by atoms with Gasteiger partial charge in [0.25, 0.3) is 5.91 Å². The van der Waals surface area contributed by atoms with Crippen molar-refractivity contribution in [3.05, 3.63) is 60.6 Å². The largest absolute Gasteiger partial charge is 0.495 e. The van der Waals surface area contributed by atoms with Gasteiger partial charge < -0.3 is 24.8 Å². The van der Waals surface area contributed by atoms with Gasteiger partial charge >= 0.3 is 0 Å². The summed E-state index contributed by atoms with van der Waals surface area (Å²) in [5, 5.41) is 5.91. The van der Waals surface area contributed by atoms with Gasteiger partial charge in [-0.05, 0) is 24.3 Å². The highest BCUT2D eigenvalue weighted by Gasteiger charge is 2.15. The normalized spacial score (nSPS) is 11.7. The maximum absolute atomic E-state index is 12.5. The maximum atomic E-state index is 12.5. The van der Waals surface area contributed by atoms with Crippen molar-refractivity contribution in [2.24, 2.45) is 0 Å². The smallest absolute Gasteiger partial charge is 0.274 e. The first kappa shape index (κ1) is 16.6. The number of nitrogens with zero attached hydrogens (tertiary/aromatic N) is 2. The van der Waals surface area contributed by atoms with Crippen LogP contribution >= 0.6 is 0 Å². The summed E-state index contributed by atoms with van der Waals surface area (Å²) < 4.78 is 15.9. The number of hydrogen-bond acceptors (Lipinski definition) is 7. The number of methoxy groups -OCH3 is 1. The number of nitrogens with one attached hydrogen (secondary N) is 2. The molecule has 2 N–H and O–H groups in total. The van der Waals surface area contributed by atoms with Crippen LogP contribution in [0.2, 0.25) is 0 Å². The molecule has 8 nitrogen and oxygen atoms in total. The number of carbonyl (C=O) groups excluding carboxylic acids is 1. The molecule has 0 bridgehead atoms. The lowest BCUT2D eigenvalue weighted by Gasteiger charge is -2.10. The summed E-state index contributed by atoms with van der Waals surface area (Å²) in [5.41, 5.74) is 1.54. The van der Waals surface area contributed by atoms with Crippen LogP contribution in [0.1, 0.15) is 10.5 Å². The Morgan fingerprint density at radius 3 is 2.81 bits per heavy atom. The number of hydrogen-bond donors (Lipinski definition) is 2. The number of rotatable bonds is 5. The van der Waals surface area contributed by atoms with Crippen LogP contribution in [0, 0.1) is 0 Å². The second-order valence-electron chi connectivity index (χ2n) is 5.64. The molecule has 1 aliphatic heterocycles. The summed E-state index contributed by atoms with van der Waals surface area (Å²) in [6, 6.07) is 14.2. The molecule has 0 atom stereocenters. The van der Waals surface area contributed by atoms with E-state index in [1.807, 2.05) is 18.2 Å². The second kappa shape index (κ2) is 7.20. The minimum Gasteiger partial charge on any atom is -0.495 e. The minimum atomic E-state index is -0.365. The molecular formula is C19H16N4O4. The molecule has 0 radical (unpaired) electrons. The first-order valence-electron chi connectivity index (χ1n) is 8.16. The van der Waals surface area contributed by atoms with Gasteiger partial charge in [-0.1, -0.05) is 12.1 Å². The first-order valence-corrected chi connectivity index (χ1v) is 8.16. The lowest BCUT2D eigenvalue weighted by Crippen LogP contribution is -2.15. The number of para-hydroxylation sites is 2. The molecule has 0 aliphatic carbocycles. The first-order chi connectivity index (χ1) is 13.2. The number of anilines is 3. The topological polar surface area (TPSA) is 94.6 Å². The third kappa shape index (κ3) is 3.59. The molecule has 2 heterocycles. The van der Waals surface area contributed by atoms with E-state index in [9.17, 15) is 4.79 Å². The Morgan fingerprint density at radius 1 is 1.07 bits per heavy atom. The van der Waals surface area contributed by atoms with Gasteiger partial charge in [-0.15, -0.1) is 0 Å². The SMILES string of the molecule is COc1ccccc1NC(=O)c1cc(Nc2ccc3c(c2)OCO3)ncn1. The van der Waals surface area contributed by atoms with E-state index in [0.29, 0.717) is 28.8 Å². The quantitative estimate of drug-likeness (QED) is 0.718. The van der Waals surface area contributed by atoms with Crippen molar-refractivity contribution in [2.45, 2.75) is 0 Å².